The maximum atomic E-state index is 14.0. The standard InChI is InChI=1S/C20H21FN4O3S/c1-2-24-19(27)18-16(7-12-29-18)25(20(24)28)13-17(26)23-10-8-22(9-11-23)15-6-4-3-5-14(15)21/h3-7,12H,2,8-11,13H2,1H3. The first-order valence-electron chi connectivity index (χ1n) is 9.49. The van der Waals surface area contributed by atoms with E-state index in [1.54, 1.807) is 41.5 Å². The van der Waals surface area contributed by atoms with Gasteiger partial charge in [0, 0.05) is 32.7 Å². The van der Waals surface area contributed by atoms with Gasteiger partial charge < -0.3 is 9.80 Å². The Morgan fingerprint density at radius 3 is 2.48 bits per heavy atom. The van der Waals surface area contributed by atoms with Crippen molar-refractivity contribution in [1.29, 1.82) is 0 Å². The molecule has 0 radical (unpaired) electrons. The van der Waals surface area contributed by atoms with Crippen molar-refractivity contribution in [3.63, 3.8) is 0 Å². The Bertz CT molecular complexity index is 1170. The molecule has 7 nitrogen and oxygen atoms in total. The lowest BCUT2D eigenvalue weighted by Gasteiger charge is -2.36. The van der Waals surface area contributed by atoms with E-state index in [-0.39, 0.29) is 30.4 Å². The van der Waals surface area contributed by atoms with E-state index in [0.29, 0.717) is 42.1 Å². The Morgan fingerprint density at radius 2 is 1.79 bits per heavy atom. The lowest BCUT2D eigenvalue weighted by molar-refractivity contribution is -0.132. The molecule has 0 bridgehead atoms. The highest BCUT2D eigenvalue weighted by Gasteiger charge is 2.24. The molecule has 1 fully saturated rings. The molecule has 0 unspecified atom stereocenters. The fourth-order valence-electron chi connectivity index (χ4n) is 3.71. The highest BCUT2D eigenvalue weighted by atomic mass is 32.1. The zero-order chi connectivity index (χ0) is 20.5. The first kappa shape index (κ1) is 19.4. The van der Waals surface area contributed by atoms with E-state index in [1.165, 1.54) is 22.0 Å². The van der Waals surface area contributed by atoms with Crippen LogP contribution in [0.15, 0.2) is 45.3 Å². The number of hydrogen-bond donors (Lipinski definition) is 0. The molecule has 29 heavy (non-hydrogen) atoms. The average Bonchev–Trinajstić information content (AvgIpc) is 3.22. The number of benzene rings is 1. The summed E-state index contributed by atoms with van der Waals surface area (Å²) in [6.45, 7) is 3.79. The lowest BCUT2D eigenvalue weighted by Crippen LogP contribution is -2.51. The molecule has 0 atom stereocenters. The average molecular weight is 416 g/mol. The van der Waals surface area contributed by atoms with E-state index in [9.17, 15) is 18.8 Å². The molecule has 9 heteroatoms. The van der Waals surface area contributed by atoms with Gasteiger partial charge in [-0.1, -0.05) is 12.1 Å². The third-order valence-electron chi connectivity index (χ3n) is 5.27. The Morgan fingerprint density at radius 1 is 1.07 bits per heavy atom. The number of nitrogens with zero attached hydrogens (tertiary/aromatic N) is 4. The van der Waals surface area contributed by atoms with Crippen molar-refractivity contribution < 1.29 is 9.18 Å². The van der Waals surface area contributed by atoms with Crippen molar-refractivity contribution in [3.05, 3.63) is 62.4 Å². The van der Waals surface area contributed by atoms with Gasteiger partial charge >= 0.3 is 5.69 Å². The number of thiophene rings is 1. The van der Waals surface area contributed by atoms with Crippen molar-refractivity contribution >= 4 is 33.1 Å². The molecule has 1 amide bonds. The molecular weight excluding hydrogens is 395 g/mol. The monoisotopic (exact) mass is 416 g/mol. The van der Waals surface area contributed by atoms with Crippen LogP contribution in [0.3, 0.4) is 0 Å². The van der Waals surface area contributed by atoms with E-state index in [2.05, 4.69) is 0 Å². The number of para-hydroxylation sites is 1. The predicted molar refractivity (Wildman–Crippen MR) is 111 cm³/mol. The highest BCUT2D eigenvalue weighted by molar-refractivity contribution is 7.17. The summed E-state index contributed by atoms with van der Waals surface area (Å²) in [5.74, 6) is -0.463. The van der Waals surface area contributed by atoms with Crippen LogP contribution in [0.25, 0.3) is 10.2 Å². The molecule has 152 valence electrons. The second kappa shape index (κ2) is 7.82. The summed E-state index contributed by atoms with van der Waals surface area (Å²) < 4.78 is 17.0. The minimum Gasteiger partial charge on any atom is -0.366 e. The second-order valence-corrected chi connectivity index (χ2v) is 7.79. The fourth-order valence-corrected chi connectivity index (χ4v) is 4.55. The molecule has 0 spiro atoms. The summed E-state index contributed by atoms with van der Waals surface area (Å²) in [6.07, 6.45) is 0. The van der Waals surface area contributed by atoms with Crippen LogP contribution in [0.5, 0.6) is 0 Å². The molecule has 1 aromatic carbocycles. The number of carbonyl (C=O) groups excluding carboxylic acids is 1. The zero-order valence-corrected chi connectivity index (χ0v) is 16.8. The van der Waals surface area contributed by atoms with Crippen molar-refractivity contribution in [1.82, 2.24) is 14.0 Å². The van der Waals surface area contributed by atoms with Crippen LogP contribution in [0, 0.1) is 5.82 Å². The maximum absolute atomic E-state index is 14.0. The van der Waals surface area contributed by atoms with Crippen LogP contribution in [-0.2, 0) is 17.9 Å². The number of carbonyl (C=O) groups is 1. The maximum Gasteiger partial charge on any atom is 0.331 e. The van der Waals surface area contributed by atoms with Crippen LogP contribution >= 0.6 is 11.3 Å². The van der Waals surface area contributed by atoms with Gasteiger partial charge in [-0.2, -0.15) is 0 Å². The van der Waals surface area contributed by atoms with Crippen molar-refractivity contribution in [2.45, 2.75) is 20.0 Å². The van der Waals surface area contributed by atoms with E-state index in [1.807, 2.05) is 4.90 Å². The van der Waals surface area contributed by atoms with Gasteiger partial charge in [0.1, 0.15) is 17.1 Å². The first-order valence-corrected chi connectivity index (χ1v) is 10.4. The molecule has 4 rings (SSSR count). The largest absolute Gasteiger partial charge is 0.366 e. The minimum absolute atomic E-state index is 0.119. The van der Waals surface area contributed by atoms with Crippen LogP contribution in [0.1, 0.15) is 6.92 Å². The third-order valence-corrected chi connectivity index (χ3v) is 6.16. The molecule has 1 aliphatic rings. The number of piperazine rings is 1. The van der Waals surface area contributed by atoms with E-state index in [0.717, 1.165) is 4.57 Å². The summed E-state index contributed by atoms with van der Waals surface area (Å²) in [4.78, 5) is 41.6. The van der Waals surface area contributed by atoms with Gasteiger partial charge in [0.15, 0.2) is 0 Å². The third kappa shape index (κ3) is 3.46. The van der Waals surface area contributed by atoms with Gasteiger partial charge in [0.05, 0.1) is 11.2 Å². The van der Waals surface area contributed by atoms with Gasteiger partial charge in [-0.25, -0.2) is 9.18 Å². The number of anilines is 1. The van der Waals surface area contributed by atoms with Gasteiger partial charge in [-0.05, 0) is 30.5 Å². The fraction of sp³-hybridized carbons (Fsp3) is 0.350. The van der Waals surface area contributed by atoms with E-state index < -0.39 is 5.69 Å². The lowest BCUT2D eigenvalue weighted by atomic mass is 10.2. The van der Waals surface area contributed by atoms with E-state index >= 15 is 0 Å². The molecule has 0 N–H and O–H groups in total. The molecule has 0 saturated carbocycles. The van der Waals surface area contributed by atoms with Crippen LogP contribution in [-0.4, -0.2) is 46.1 Å². The Hall–Kier alpha value is -2.94. The van der Waals surface area contributed by atoms with Crippen LogP contribution < -0.4 is 16.1 Å². The Kier molecular flexibility index (Phi) is 5.23. The number of halogens is 1. The molecule has 1 saturated heterocycles. The van der Waals surface area contributed by atoms with Gasteiger partial charge in [-0.3, -0.25) is 18.7 Å². The first-order chi connectivity index (χ1) is 14.0. The molecule has 0 aliphatic carbocycles. The van der Waals surface area contributed by atoms with Gasteiger partial charge in [0.2, 0.25) is 5.91 Å². The Labute approximate surface area is 170 Å². The van der Waals surface area contributed by atoms with Crippen LogP contribution in [0.2, 0.25) is 0 Å². The minimum atomic E-state index is -0.471. The topological polar surface area (TPSA) is 67.6 Å². The van der Waals surface area contributed by atoms with Gasteiger partial charge in [0.25, 0.3) is 5.56 Å². The summed E-state index contributed by atoms with van der Waals surface area (Å²) in [6, 6.07) is 8.29. The summed E-state index contributed by atoms with van der Waals surface area (Å²) in [5.41, 5.74) is 0.241. The quantitative estimate of drug-likeness (QED) is 0.650. The molecule has 3 aromatic rings. The molecular formula is C20H21FN4O3S. The highest BCUT2D eigenvalue weighted by Crippen LogP contribution is 2.20. The predicted octanol–water partition coefficient (Wildman–Crippen LogP) is 1.73. The van der Waals surface area contributed by atoms with Crippen LogP contribution in [0.4, 0.5) is 10.1 Å². The summed E-state index contributed by atoms with van der Waals surface area (Å²) in [5, 5.41) is 1.75. The smallest absolute Gasteiger partial charge is 0.331 e. The Balaban J connectivity index is 1.53. The number of amides is 1. The summed E-state index contributed by atoms with van der Waals surface area (Å²) >= 11 is 1.27. The molecule has 2 aromatic heterocycles. The van der Waals surface area contributed by atoms with E-state index in [4.69, 9.17) is 0 Å². The van der Waals surface area contributed by atoms with Crippen molar-refractivity contribution in [2.75, 3.05) is 31.1 Å². The van der Waals surface area contributed by atoms with Gasteiger partial charge in [-0.15, -0.1) is 11.3 Å². The molecule has 3 heterocycles. The summed E-state index contributed by atoms with van der Waals surface area (Å²) in [7, 11) is 0. The number of hydrogen-bond acceptors (Lipinski definition) is 5. The zero-order valence-electron chi connectivity index (χ0n) is 16.0. The number of fused-ring (bicyclic) bond motifs is 1. The number of rotatable bonds is 4. The number of aromatic nitrogens is 2. The SMILES string of the molecule is CCn1c(=O)c2sccc2n(CC(=O)N2CCN(c3ccccc3F)CC2)c1=O. The normalized spacial score (nSPS) is 14.6. The van der Waals surface area contributed by atoms with Crippen molar-refractivity contribution in [3.8, 4) is 0 Å². The second-order valence-electron chi connectivity index (χ2n) is 6.87. The molecule has 1 aliphatic heterocycles. The van der Waals surface area contributed by atoms with Crippen molar-refractivity contribution in [2.24, 2.45) is 0 Å².